The third kappa shape index (κ3) is 3.94. The molecular formula is C14H22N2O3. The topological polar surface area (TPSA) is 61.8 Å². The van der Waals surface area contributed by atoms with Gasteiger partial charge < -0.3 is 15.2 Å². The van der Waals surface area contributed by atoms with Crippen molar-refractivity contribution in [3.8, 4) is 5.75 Å². The third-order valence-electron chi connectivity index (χ3n) is 3.03. The molecule has 0 bridgehead atoms. The summed E-state index contributed by atoms with van der Waals surface area (Å²) in [6, 6.07) is 5.05. The maximum atomic E-state index is 12.1. The minimum absolute atomic E-state index is 0.0541. The summed E-state index contributed by atoms with van der Waals surface area (Å²) in [5.74, 6) is 0.557. The Bertz CT molecular complexity index is 433. The van der Waals surface area contributed by atoms with Gasteiger partial charge >= 0.3 is 0 Å². The molecule has 0 aliphatic heterocycles. The first-order valence-corrected chi connectivity index (χ1v) is 6.28. The van der Waals surface area contributed by atoms with Gasteiger partial charge in [-0.1, -0.05) is 6.92 Å². The summed E-state index contributed by atoms with van der Waals surface area (Å²) in [5.41, 5.74) is 1.31. The Balaban J connectivity index is 2.85. The van der Waals surface area contributed by atoms with E-state index in [-0.39, 0.29) is 18.6 Å². The number of hydrogen-bond donors (Lipinski definition) is 2. The zero-order valence-electron chi connectivity index (χ0n) is 11.9. The Morgan fingerprint density at radius 1 is 1.47 bits per heavy atom. The highest BCUT2D eigenvalue weighted by Gasteiger charge is 2.18. The standard InChI is InChI=1S/C14H22N2O3/c1-5-12(16(2)3)14(18)15-11-6-7-13(19-4)10(8-11)9-17/h6-8,12,17H,5,9H2,1-4H3,(H,15,18)/t12-/m0/s1. The number of methoxy groups -OCH3 is 1. The lowest BCUT2D eigenvalue weighted by atomic mass is 10.1. The van der Waals surface area contributed by atoms with Gasteiger partial charge in [-0.15, -0.1) is 0 Å². The molecule has 1 atom stereocenters. The van der Waals surface area contributed by atoms with E-state index in [0.29, 0.717) is 17.0 Å². The first-order chi connectivity index (χ1) is 9.03. The van der Waals surface area contributed by atoms with Crippen molar-refractivity contribution in [1.82, 2.24) is 4.90 Å². The molecule has 0 saturated carbocycles. The third-order valence-corrected chi connectivity index (χ3v) is 3.03. The van der Waals surface area contributed by atoms with Gasteiger partial charge in [-0.05, 0) is 38.7 Å². The number of aliphatic hydroxyl groups is 1. The second-order valence-electron chi connectivity index (χ2n) is 4.56. The molecule has 0 unspecified atom stereocenters. The van der Waals surface area contributed by atoms with E-state index in [4.69, 9.17) is 4.74 Å². The van der Waals surface area contributed by atoms with Gasteiger partial charge in [0.05, 0.1) is 19.8 Å². The molecule has 1 aromatic carbocycles. The zero-order valence-corrected chi connectivity index (χ0v) is 11.9. The number of anilines is 1. The average molecular weight is 266 g/mol. The van der Waals surface area contributed by atoms with Crippen molar-refractivity contribution >= 4 is 11.6 Å². The van der Waals surface area contributed by atoms with Crippen molar-refractivity contribution in [2.75, 3.05) is 26.5 Å². The Labute approximate surface area is 114 Å². The van der Waals surface area contributed by atoms with Crippen LogP contribution < -0.4 is 10.1 Å². The molecule has 0 saturated heterocycles. The van der Waals surface area contributed by atoms with Crippen LogP contribution in [0.2, 0.25) is 0 Å². The van der Waals surface area contributed by atoms with Crippen molar-refractivity contribution in [1.29, 1.82) is 0 Å². The van der Waals surface area contributed by atoms with Crippen molar-refractivity contribution in [2.24, 2.45) is 0 Å². The molecule has 0 radical (unpaired) electrons. The van der Waals surface area contributed by atoms with Crippen molar-refractivity contribution in [3.05, 3.63) is 23.8 Å². The van der Waals surface area contributed by atoms with Crippen LogP contribution in [0.15, 0.2) is 18.2 Å². The number of carbonyl (C=O) groups excluding carboxylic acids is 1. The largest absolute Gasteiger partial charge is 0.496 e. The number of hydrogen-bond acceptors (Lipinski definition) is 4. The Kier molecular flexibility index (Phi) is 5.79. The van der Waals surface area contributed by atoms with Gasteiger partial charge in [0.25, 0.3) is 0 Å². The Morgan fingerprint density at radius 2 is 2.16 bits per heavy atom. The number of benzene rings is 1. The van der Waals surface area contributed by atoms with E-state index in [1.807, 2.05) is 25.9 Å². The molecule has 2 N–H and O–H groups in total. The van der Waals surface area contributed by atoms with E-state index < -0.39 is 0 Å². The average Bonchev–Trinajstić information content (AvgIpc) is 2.38. The molecule has 1 rings (SSSR count). The number of likely N-dealkylation sites (N-methyl/N-ethyl adjacent to an activating group) is 1. The lowest BCUT2D eigenvalue weighted by molar-refractivity contribution is -0.120. The van der Waals surface area contributed by atoms with Crippen LogP contribution in [0.25, 0.3) is 0 Å². The number of amides is 1. The van der Waals surface area contributed by atoms with E-state index in [1.165, 1.54) is 0 Å². The molecule has 0 heterocycles. The molecule has 19 heavy (non-hydrogen) atoms. The van der Waals surface area contributed by atoms with Gasteiger partial charge in [-0.3, -0.25) is 9.69 Å². The van der Waals surface area contributed by atoms with E-state index in [1.54, 1.807) is 25.3 Å². The summed E-state index contributed by atoms with van der Waals surface area (Å²) in [4.78, 5) is 14.0. The first-order valence-electron chi connectivity index (χ1n) is 6.28. The van der Waals surface area contributed by atoms with Gasteiger partial charge in [-0.2, -0.15) is 0 Å². The molecule has 0 aliphatic rings. The second kappa shape index (κ2) is 7.11. The molecule has 0 aromatic heterocycles. The second-order valence-corrected chi connectivity index (χ2v) is 4.56. The fraction of sp³-hybridized carbons (Fsp3) is 0.500. The fourth-order valence-electron chi connectivity index (χ4n) is 1.99. The normalized spacial score (nSPS) is 12.3. The summed E-state index contributed by atoms with van der Waals surface area (Å²) >= 11 is 0. The van der Waals surface area contributed by atoms with Crippen LogP contribution in [0, 0.1) is 0 Å². The van der Waals surface area contributed by atoms with Crippen LogP contribution in [0.5, 0.6) is 5.75 Å². The van der Waals surface area contributed by atoms with Crippen molar-refractivity contribution in [3.63, 3.8) is 0 Å². The highest BCUT2D eigenvalue weighted by molar-refractivity contribution is 5.94. The number of ether oxygens (including phenoxy) is 1. The number of nitrogens with zero attached hydrogens (tertiary/aromatic N) is 1. The summed E-state index contributed by atoms with van der Waals surface area (Å²) in [5, 5.41) is 12.1. The minimum Gasteiger partial charge on any atom is -0.496 e. The maximum absolute atomic E-state index is 12.1. The van der Waals surface area contributed by atoms with Crippen LogP contribution in [-0.4, -0.2) is 43.2 Å². The van der Waals surface area contributed by atoms with Gasteiger partial charge in [0.1, 0.15) is 5.75 Å². The Morgan fingerprint density at radius 3 is 2.63 bits per heavy atom. The lowest BCUT2D eigenvalue weighted by Gasteiger charge is -2.22. The fourth-order valence-corrected chi connectivity index (χ4v) is 1.99. The molecule has 0 aliphatic carbocycles. The predicted octanol–water partition coefficient (Wildman–Crippen LogP) is 1.47. The summed E-state index contributed by atoms with van der Waals surface area (Å²) in [7, 11) is 5.30. The number of rotatable bonds is 6. The maximum Gasteiger partial charge on any atom is 0.241 e. The quantitative estimate of drug-likeness (QED) is 0.818. The molecule has 1 amide bonds. The van der Waals surface area contributed by atoms with Gasteiger partial charge in [0.2, 0.25) is 5.91 Å². The number of nitrogens with one attached hydrogen (secondary N) is 1. The van der Waals surface area contributed by atoms with Gasteiger partial charge in [0.15, 0.2) is 0 Å². The first kappa shape index (κ1) is 15.5. The SMILES string of the molecule is CC[C@@H](C(=O)Nc1ccc(OC)c(CO)c1)N(C)C. The molecule has 5 nitrogen and oxygen atoms in total. The van der Waals surface area contributed by atoms with E-state index in [0.717, 1.165) is 6.42 Å². The molecule has 0 fully saturated rings. The molecule has 106 valence electrons. The minimum atomic E-state index is -0.167. The van der Waals surface area contributed by atoms with E-state index >= 15 is 0 Å². The van der Waals surface area contributed by atoms with Crippen LogP contribution in [0.1, 0.15) is 18.9 Å². The van der Waals surface area contributed by atoms with E-state index in [2.05, 4.69) is 5.32 Å². The number of aliphatic hydroxyl groups excluding tert-OH is 1. The summed E-state index contributed by atoms with van der Waals surface area (Å²) in [6.07, 6.45) is 0.738. The van der Waals surface area contributed by atoms with Crippen LogP contribution in [-0.2, 0) is 11.4 Å². The zero-order chi connectivity index (χ0) is 14.4. The van der Waals surface area contributed by atoms with Crippen LogP contribution >= 0.6 is 0 Å². The monoisotopic (exact) mass is 266 g/mol. The highest BCUT2D eigenvalue weighted by Crippen LogP contribution is 2.22. The predicted molar refractivity (Wildman–Crippen MR) is 75.3 cm³/mol. The molecule has 0 spiro atoms. The number of carbonyl (C=O) groups is 1. The van der Waals surface area contributed by atoms with Crippen LogP contribution in [0.3, 0.4) is 0 Å². The highest BCUT2D eigenvalue weighted by atomic mass is 16.5. The summed E-state index contributed by atoms with van der Waals surface area (Å²) in [6.45, 7) is 1.84. The van der Waals surface area contributed by atoms with E-state index in [9.17, 15) is 9.90 Å². The van der Waals surface area contributed by atoms with Gasteiger partial charge in [0, 0.05) is 11.3 Å². The van der Waals surface area contributed by atoms with Crippen molar-refractivity contribution < 1.29 is 14.6 Å². The Hall–Kier alpha value is -1.59. The smallest absolute Gasteiger partial charge is 0.241 e. The van der Waals surface area contributed by atoms with Gasteiger partial charge in [-0.25, -0.2) is 0 Å². The molecule has 5 heteroatoms. The molecule has 1 aromatic rings. The lowest BCUT2D eigenvalue weighted by Crippen LogP contribution is -2.39. The summed E-state index contributed by atoms with van der Waals surface area (Å²) < 4.78 is 5.12. The molecular weight excluding hydrogens is 244 g/mol. The van der Waals surface area contributed by atoms with Crippen molar-refractivity contribution in [2.45, 2.75) is 26.0 Å². The van der Waals surface area contributed by atoms with Crippen LogP contribution in [0.4, 0.5) is 5.69 Å².